The van der Waals surface area contributed by atoms with Gasteiger partial charge in [-0.1, -0.05) is 37.3 Å². The largest absolute Gasteiger partial charge is 0.381 e. The Morgan fingerprint density at radius 1 is 1.35 bits per heavy atom. The first kappa shape index (κ1) is 15.5. The number of ether oxygens (including phenoxy) is 1. The molecule has 0 aromatic heterocycles. The quantitative estimate of drug-likeness (QED) is 0.866. The molecule has 0 saturated carbocycles. The van der Waals surface area contributed by atoms with Crippen molar-refractivity contribution in [2.45, 2.75) is 25.2 Å². The second-order valence-corrected chi connectivity index (χ2v) is 6.41. The lowest BCUT2D eigenvalue weighted by Crippen LogP contribution is -2.44. The Hall–Kier alpha value is -0.900. The molecule has 0 radical (unpaired) electrons. The summed E-state index contributed by atoms with van der Waals surface area (Å²) in [4.78, 5) is 2.42. The van der Waals surface area contributed by atoms with Crippen molar-refractivity contribution in [3.63, 3.8) is 0 Å². The van der Waals surface area contributed by atoms with Gasteiger partial charge in [0.15, 0.2) is 0 Å². The Balaban J connectivity index is 1.94. The third-order valence-electron chi connectivity index (χ3n) is 4.36. The van der Waals surface area contributed by atoms with Crippen molar-refractivity contribution in [1.29, 1.82) is 0 Å². The number of benzene rings is 1. The van der Waals surface area contributed by atoms with Crippen LogP contribution in [0.25, 0.3) is 0 Å². The lowest BCUT2D eigenvalue weighted by Gasteiger charge is -2.35. The Labute approximate surface area is 123 Å². The maximum Gasteiger partial charge on any atom is 0.0506 e. The van der Waals surface area contributed by atoms with Crippen LogP contribution in [0.15, 0.2) is 30.3 Å². The predicted molar refractivity (Wildman–Crippen MR) is 83.9 cm³/mol. The highest BCUT2D eigenvalue weighted by atomic mass is 16.5. The van der Waals surface area contributed by atoms with Gasteiger partial charge in [0, 0.05) is 31.7 Å². The fourth-order valence-electron chi connectivity index (χ4n) is 3.17. The second-order valence-electron chi connectivity index (χ2n) is 6.41. The van der Waals surface area contributed by atoms with Gasteiger partial charge in [-0.15, -0.1) is 0 Å². The van der Waals surface area contributed by atoms with Crippen molar-refractivity contribution < 1.29 is 4.74 Å². The monoisotopic (exact) mass is 276 g/mol. The maximum absolute atomic E-state index is 6.07. The standard InChI is InChI=1S/C17H28N2O/c1-17(13-18,16-8-4-3-5-9-16)14-19(2)11-15-7-6-10-20-12-15/h3-5,8-9,15H,6-7,10-14,18H2,1-2H3. The van der Waals surface area contributed by atoms with Crippen LogP contribution >= 0.6 is 0 Å². The molecule has 2 atom stereocenters. The molecular formula is C17H28N2O. The molecule has 0 amide bonds. The van der Waals surface area contributed by atoms with Gasteiger partial charge < -0.3 is 15.4 Å². The van der Waals surface area contributed by atoms with Crippen LogP contribution in [0.1, 0.15) is 25.3 Å². The highest BCUT2D eigenvalue weighted by molar-refractivity contribution is 5.25. The van der Waals surface area contributed by atoms with Crippen molar-refractivity contribution in [2.24, 2.45) is 11.7 Å². The van der Waals surface area contributed by atoms with E-state index in [1.807, 2.05) is 0 Å². The molecule has 2 rings (SSSR count). The van der Waals surface area contributed by atoms with E-state index in [0.29, 0.717) is 12.5 Å². The van der Waals surface area contributed by atoms with Crippen molar-refractivity contribution in [1.82, 2.24) is 4.90 Å². The molecule has 1 aliphatic heterocycles. The minimum absolute atomic E-state index is 0.0194. The summed E-state index contributed by atoms with van der Waals surface area (Å²) in [5.41, 5.74) is 7.42. The van der Waals surface area contributed by atoms with Crippen LogP contribution in [0.2, 0.25) is 0 Å². The van der Waals surface area contributed by atoms with Gasteiger partial charge in [0.2, 0.25) is 0 Å². The van der Waals surface area contributed by atoms with Gasteiger partial charge >= 0.3 is 0 Å². The molecule has 1 aliphatic rings. The molecule has 1 saturated heterocycles. The highest BCUT2D eigenvalue weighted by Crippen LogP contribution is 2.24. The lowest BCUT2D eigenvalue weighted by molar-refractivity contribution is 0.0396. The normalized spacial score (nSPS) is 22.7. The first-order chi connectivity index (χ1) is 9.64. The summed E-state index contributed by atoms with van der Waals surface area (Å²) in [5.74, 6) is 0.673. The molecule has 3 heteroatoms. The smallest absolute Gasteiger partial charge is 0.0506 e. The number of hydrogen-bond donors (Lipinski definition) is 1. The van der Waals surface area contributed by atoms with Gasteiger partial charge in [-0.25, -0.2) is 0 Å². The van der Waals surface area contributed by atoms with E-state index in [1.165, 1.54) is 18.4 Å². The van der Waals surface area contributed by atoms with Crippen molar-refractivity contribution in [2.75, 3.05) is 39.9 Å². The molecule has 20 heavy (non-hydrogen) atoms. The molecule has 0 spiro atoms. The topological polar surface area (TPSA) is 38.5 Å². The summed E-state index contributed by atoms with van der Waals surface area (Å²) in [6.07, 6.45) is 2.49. The van der Waals surface area contributed by atoms with Gasteiger partial charge in [0.1, 0.15) is 0 Å². The van der Waals surface area contributed by atoms with Gasteiger partial charge in [0.05, 0.1) is 6.61 Å². The van der Waals surface area contributed by atoms with E-state index >= 15 is 0 Å². The third-order valence-corrected chi connectivity index (χ3v) is 4.36. The average Bonchev–Trinajstić information content (AvgIpc) is 2.49. The summed E-state index contributed by atoms with van der Waals surface area (Å²) in [5, 5.41) is 0. The summed E-state index contributed by atoms with van der Waals surface area (Å²) >= 11 is 0. The first-order valence-corrected chi connectivity index (χ1v) is 7.66. The van der Waals surface area contributed by atoms with Crippen LogP contribution < -0.4 is 5.73 Å². The average molecular weight is 276 g/mol. The fraction of sp³-hybridized carbons (Fsp3) is 0.647. The van der Waals surface area contributed by atoms with Gasteiger partial charge in [0.25, 0.3) is 0 Å². The van der Waals surface area contributed by atoms with Gasteiger partial charge in [-0.2, -0.15) is 0 Å². The number of nitrogens with zero attached hydrogens (tertiary/aromatic N) is 1. The molecule has 2 unspecified atom stereocenters. The molecule has 0 aliphatic carbocycles. The molecule has 3 nitrogen and oxygen atoms in total. The van der Waals surface area contributed by atoms with Crippen LogP contribution in [0.3, 0.4) is 0 Å². The predicted octanol–water partition coefficient (Wildman–Crippen LogP) is 2.26. The summed E-state index contributed by atoms with van der Waals surface area (Å²) in [7, 11) is 2.20. The van der Waals surface area contributed by atoms with Crippen molar-refractivity contribution in [3.05, 3.63) is 35.9 Å². The van der Waals surface area contributed by atoms with E-state index in [-0.39, 0.29) is 5.41 Å². The third kappa shape index (κ3) is 4.05. The second kappa shape index (κ2) is 7.21. The fourth-order valence-corrected chi connectivity index (χ4v) is 3.17. The van der Waals surface area contributed by atoms with E-state index in [1.54, 1.807) is 0 Å². The number of hydrogen-bond acceptors (Lipinski definition) is 3. The zero-order valence-corrected chi connectivity index (χ0v) is 12.8. The van der Waals surface area contributed by atoms with Crippen molar-refractivity contribution in [3.8, 4) is 0 Å². The van der Waals surface area contributed by atoms with Crippen LogP contribution in [0, 0.1) is 5.92 Å². The van der Waals surface area contributed by atoms with Crippen LogP contribution in [-0.4, -0.2) is 44.8 Å². The number of rotatable bonds is 6. The van der Waals surface area contributed by atoms with E-state index in [9.17, 15) is 0 Å². The zero-order chi connectivity index (χ0) is 14.4. The molecule has 1 fully saturated rings. The molecule has 112 valence electrons. The lowest BCUT2D eigenvalue weighted by atomic mass is 9.82. The highest BCUT2D eigenvalue weighted by Gasteiger charge is 2.27. The minimum atomic E-state index is 0.0194. The van der Waals surface area contributed by atoms with E-state index < -0.39 is 0 Å². The summed E-state index contributed by atoms with van der Waals surface area (Å²) in [6.45, 7) is 6.87. The first-order valence-electron chi connectivity index (χ1n) is 7.66. The summed E-state index contributed by atoms with van der Waals surface area (Å²) < 4.78 is 5.57. The Kier molecular flexibility index (Phi) is 5.58. The maximum atomic E-state index is 6.07. The zero-order valence-electron chi connectivity index (χ0n) is 12.8. The molecule has 1 heterocycles. The molecule has 1 aromatic rings. The van der Waals surface area contributed by atoms with Gasteiger partial charge in [-0.05, 0) is 31.4 Å². The van der Waals surface area contributed by atoms with Crippen LogP contribution in [0.5, 0.6) is 0 Å². The Bertz CT molecular complexity index is 389. The number of likely N-dealkylation sites (N-methyl/N-ethyl adjacent to an activating group) is 1. The van der Waals surface area contributed by atoms with E-state index in [4.69, 9.17) is 10.5 Å². The van der Waals surface area contributed by atoms with Crippen molar-refractivity contribution >= 4 is 0 Å². The summed E-state index contributed by atoms with van der Waals surface area (Å²) in [6, 6.07) is 10.6. The molecule has 1 aromatic carbocycles. The molecular weight excluding hydrogens is 248 g/mol. The Morgan fingerprint density at radius 3 is 2.70 bits per heavy atom. The van der Waals surface area contributed by atoms with E-state index in [0.717, 1.165) is 26.3 Å². The van der Waals surface area contributed by atoms with E-state index in [2.05, 4.69) is 49.2 Å². The van der Waals surface area contributed by atoms with Gasteiger partial charge in [-0.3, -0.25) is 0 Å². The van der Waals surface area contributed by atoms with Crippen LogP contribution in [0.4, 0.5) is 0 Å². The van der Waals surface area contributed by atoms with Crippen LogP contribution in [-0.2, 0) is 10.2 Å². The SMILES string of the molecule is CN(CC1CCCOC1)CC(C)(CN)c1ccccc1. The molecule has 0 bridgehead atoms. The Morgan fingerprint density at radius 2 is 2.10 bits per heavy atom. The number of nitrogens with two attached hydrogens (primary N) is 1. The minimum Gasteiger partial charge on any atom is -0.381 e. The molecule has 2 N–H and O–H groups in total.